The zero-order valence-corrected chi connectivity index (χ0v) is 14.5. The molecule has 1 aromatic carbocycles. The zero-order chi connectivity index (χ0) is 18.4. The molecule has 0 bridgehead atoms. The van der Waals surface area contributed by atoms with E-state index in [1.54, 1.807) is 35.7 Å². The smallest absolute Gasteiger partial charge is 0.288 e. The fraction of sp³-hybridized carbons (Fsp3) is 0.111. The monoisotopic (exact) mass is 368 g/mol. The number of thiophene rings is 1. The summed E-state index contributed by atoms with van der Waals surface area (Å²) in [5.41, 5.74) is 5.53. The lowest BCUT2D eigenvalue weighted by atomic mass is 10.2. The predicted octanol–water partition coefficient (Wildman–Crippen LogP) is 1.88. The van der Waals surface area contributed by atoms with Crippen molar-refractivity contribution in [2.45, 2.75) is 6.42 Å². The van der Waals surface area contributed by atoms with Crippen LogP contribution in [-0.2, 0) is 4.79 Å². The third kappa shape index (κ3) is 4.42. The van der Waals surface area contributed by atoms with Gasteiger partial charge in [0, 0.05) is 18.4 Å². The molecule has 0 aliphatic carbocycles. The highest BCUT2D eigenvalue weighted by Gasteiger charge is 2.10. The Labute approximate surface area is 153 Å². The normalized spacial score (nSPS) is 10.3. The molecule has 0 atom stereocenters. The largest absolute Gasteiger partial charge is 0.351 e. The van der Waals surface area contributed by atoms with Gasteiger partial charge in [0.25, 0.3) is 11.8 Å². The van der Waals surface area contributed by atoms with Gasteiger partial charge >= 0.3 is 0 Å². The van der Waals surface area contributed by atoms with Gasteiger partial charge in [-0.05, 0) is 23.6 Å². The number of benzene rings is 1. The van der Waals surface area contributed by atoms with Crippen LogP contribution in [0.4, 0.5) is 0 Å². The van der Waals surface area contributed by atoms with Crippen molar-refractivity contribution < 1.29 is 14.4 Å². The maximum Gasteiger partial charge on any atom is 0.288 e. The summed E-state index contributed by atoms with van der Waals surface area (Å²) in [6, 6.07) is 14.3. The van der Waals surface area contributed by atoms with Crippen LogP contribution < -0.4 is 16.2 Å². The summed E-state index contributed by atoms with van der Waals surface area (Å²) >= 11 is 1.33. The van der Waals surface area contributed by atoms with Gasteiger partial charge < -0.3 is 5.32 Å². The van der Waals surface area contributed by atoms with Crippen LogP contribution in [0.3, 0.4) is 0 Å². The number of amides is 3. The molecule has 7 nitrogen and oxygen atoms in total. The fourth-order valence-electron chi connectivity index (χ4n) is 2.23. The summed E-state index contributed by atoms with van der Waals surface area (Å²) in [6.07, 6.45) is 0.0442. The lowest BCUT2D eigenvalue weighted by Crippen LogP contribution is -2.43. The maximum absolute atomic E-state index is 12.1. The molecule has 2 heterocycles. The topological polar surface area (TPSA) is 100 Å². The van der Waals surface area contributed by atoms with E-state index in [-0.39, 0.29) is 24.6 Å². The second kappa shape index (κ2) is 8.21. The fourth-order valence-corrected chi connectivity index (χ4v) is 2.87. The van der Waals surface area contributed by atoms with Gasteiger partial charge in [-0.3, -0.25) is 25.2 Å². The third-order valence-electron chi connectivity index (χ3n) is 3.53. The zero-order valence-electron chi connectivity index (χ0n) is 13.7. The number of hydrazine groups is 1. The van der Waals surface area contributed by atoms with E-state index in [4.69, 9.17) is 0 Å². The molecule has 3 amide bonds. The number of carbonyl (C=O) groups excluding carboxylic acids is 3. The van der Waals surface area contributed by atoms with E-state index in [1.807, 2.05) is 18.2 Å². The Bertz CT molecular complexity index is 941. The Hall–Kier alpha value is -3.26. The van der Waals surface area contributed by atoms with Gasteiger partial charge in [-0.1, -0.05) is 30.3 Å². The van der Waals surface area contributed by atoms with E-state index in [1.165, 1.54) is 11.3 Å². The summed E-state index contributed by atoms with van der Waals surface area (Å²) in [5.74, 6) is -1.14. The lowest BCUT2D eigenvalue weighted by molar-refractivity contribution is -0.121. The first-order valence-electron chi connectivity index (χ1n) is 7.90. The molecule has 0 fully saturated rings. The van der Waals surface area contributed by atoms with Crippen LogP contribution >= 0.6 is 11.3 Å². The van der Waals surface area contributed by atoms with E-state index >= 15 is 0 Å². The average Bonchev–Trinajstić information content (AvgIpc) is 3.20. The summed E-state index contributed by atoms with van der Waals surface area (Å²) in [4.78, 5) is 40.4. The van der Waals surface area contributed by atoms with Crippen LogP contribution in [0.25, 0.3) is 10.9 Å². The Balaban J connectivity index is 1.44. The minimum atomic E-state index is -0.508. The number of hydrogen-bond acceptors (Lipinski definition) is 5. The molecule has 0 spiro atoms. The standard InChI is InChI=1S/C18H16N4O3S/c23-16(9-10-19-18(25)15-6-3-11-26-15)21-22-17(24)14-8-7-12-4-1-2-5-13(12)20-14/h1-8,11H,9-10H2,(H,19,25)(H,21,23)(H,22,24). The van der Waals surface area contributed by atoms with Gasteiger partial charge in [-0.25, -0.2) is 4.98 Å². The molecule has 8 heteroatoms. The minimum Gasteiger partial charge on any atom is -0.351 e. The molecule has 0 aliphatic heterocycles. The maximum atomic E-state index is 12.1. The van der Waals surface area contributed by atoms with Crippen molar-refractivity contribution in [1.82, 2.24) is 21.2 Å². The van der Waals surface area contributed by atoms with Crippen molar-refractivity contribution in [3.05, 3.63) is 64.5 Å². The summed E-state index contributed by atoms with van der Waals surface area (Å²) in [6.45, 7) is 0.173. The van der Waals surface area contributed by atoms with Gasteiger partial charge in [-0.15, -0.1) is 11.3 Å². The van der Waals surface area contributed by atoms with Gasteiger partial charge in [0.1, 0.15) is 5.69 Å². The molecule has 0 saturated carbocycles. The third-order valence-corrected chi connectivity index (χ3v) is 4.40. The highest BCUT2D eigenvalue weighted by Crippen LogP contribution is 2.11. The molecule has 0 saturated heterocycles. The minimum absolute atomic E-state index is 0.0442. The summed E-state index contributed by atoms with van der Waals surface area (Å²) in [7, 11) is 0. The van der Waals surface area contributed by atoms with Crippen molar-refractivity contribution in [3.8, 4) is 0 Å². The number of aromatic nitrogens is 1. The van der Waals surface area contributed by atoms with Crippen molar-refractivity contribution in [2.75, 3.05) is 6.54 Å². The number of pyridine rings is 1. The number of carbonyl (C=O) groups is 3. The lowest BCUT2D eigenvalue weighted by Gasteiger charge is -2.08. The summed E-state index contributed by atoms with van der Waals surface area (Å²) < 4.78 is 0. The molecule has 0 radical (unpaired) electrons. The molecular weight excluding hydrogens is 352 g/mol. The SMILES string of the molecule is O=C(CCNC(=O)c1cccs1)NNC(=O)c1ccc2ccccc2n1. The molecule has 2 aromatic heterocycles. The number of nitrogens with one attached hydrogen (secondary N) is 3. The summed E-state index contributed by atoms with van der Waals surface area (Å²) in [5, 5.41) is 5.37. The van der Waals surface area contributed by atoms with Crippen LogP contribution in [0.15, 0.2) is 53.9 Å². The predicted molar refractivity (Wildman–Crippen MR) is 98.6 cm³/mol. The highest BCUT2D eigenvalue weighted by molar-refractivity contribution is 7.12. The number of para-hydroxylation sites is 1. The quantitative estimate of drug-likeness (QED) is 0.599. The Morgan fingerprint density at radius 2 is 1.77 bits per heavy atom. The highest BCUT2D eigenvalue weighted by atomic mass is 32.1. The van der Waals surface area contributed by atoms with Crippen LogP contribution in [0, 0.1) is 0 Å². The van der Waals surface area contributed by atoms with Crippen molar-refractivity contribution in [1.29, 1.82) is 0 Å². The van der Waals surface area contributed by atoms with E-state index in [9.17, 15) is 14.4 Å². The first kappa shape index (κ1) is 17.6. The van der Waals surface area contributed by atoms with Crippen molar-refractivity contribution in [2.24, 2.45) is 0 Å². The number of rotatable bonds is 5. The molecule has 26 heavy (non-hydrogen) atoms. The number of hydrogen-bond donors (Lipinski definition) is 3. The van der Waals surface area contributed by atoms with Crippen molar-refractivity contribution in [3.63, 3.8) is 0 Å². The molecule has 3 aromatic rings. The van der Waals surface area contributed by atoms with E-state index in [0.29, 0.717) is 10.4 Å². The molecule has 3 rings (SSSR count). The molecular formula is C18H16N4O3S. The number of fused-ring (bicyclic) bond motifs is 1. The number of nitrogens with zero attached hydrogens (tertiary/aromatic N) is 1. The molecule has 0 unspecified atom stereocenters. The van der Waals surface area contributed by atoms with Gasteiger partial charge in [0.05, 0.1) is 10.4 Å². The Morgan fingerprint density at radius 1 is 0.923 bits per heavy atom. The van der Waals surface area contributed by atoms with Gasteiger partial charge in [0.15, 0.2) is 0 Å². The average molecular weight is 368 g/mol. The van der Waals surface area contributed by atoms with Crippen LogP contribution in [0.2, 0.25) is 0 Å². The van der Waals surface area contributed by atoms with Gasteiger partial charge in [0.2, 0.25) is 5.91 Å². The van der Waals surface area contributed by atoms with E-state index in [2.05, 4.69) is 21.2 Å². The second-order valence-electron chi connectivity index (χ2n) is 5.37. The van der Waals surface area contributed by atoms with Crippen LogP contribution in [0.1, 0.15) is 26.6 Å². The Morgan fingerprint density at radius 3 is 2.58 bits per heavy atom. The molecule has 3 N–H and O–H groups in total. The Kier molecular flexibility index (Phi) is 5.55. The first-order chi connectivity index (χ1) is 12.6. The van der Waals surface area contributed by atoms with Crippen LogP contribution in [0.5, 0.6) is 0 Å². The van der Waals surface area contributed by atoms with Crippen LogP contribution in [-0.4, -0.2) is 29.3 Å². The first-order valence-corrected chi connectivity index (χ1v) is 8.78. The van der Waals surface area contributed by atoms with Crippen molar-refractivity contribution >= 4 is 40.0 Å². The second-order valence-corrected chi connectivity index (χ2v) is 6.32. The van der Waals surface area contributed by atoms with E-state index in [0.717, 1.165) is 5.39 Å². The van der Waals surface area contributed by atoms with E-state index < -0.39 is 11.8 Å². The molecule has 132 valence electrons. The van der Waals surface area contributed by atoms with Gasteiger partial charge in [-0.2, -0.15) is 0 Å². The molecule has 0 aliphatic rings.